The predicted molar refractivity (Wildman–Crippen MR) is 43.0 cm³/mol. The summed E-state index contributed by atoms with van der Waals surface area (Å²) in [6.07, 6.45) is 3.02. The highest BCUT2D eigenvalue weighted by molar-refractivity contribution is 5.53. The van der Waals surface area contributed by atoms with Crippen LogP contribution in [-0.4, -0.2) is 31.8 Å². The zero-order valence-corrected chi connectivity index (χ0v) is 7.13. The minimum absolute atomic E-state index is 0.266. The van der Waals surface area contributed by atoms with Gasteiger partial charge in [0, 0.05) is 5.92 Å². The first-order valence-corrected chi connectivity index (χ1v) is 3.80. The lowest BCUT2D eigenvalue weighted by Gasteiger charge is -2.11. The third-order valence-corrected chi connectivity index (χ3v) is 1.66. The number of carbonyl (C=O) groups is 1. The van der Waals surface area contributed by atoms with Crippen LogP contribution in [0.4, 0.5) is 0 Å². The second-order valence-corrected chi connectivity index (χ2v) is 2.90. The Hall–Kier alpha value is -0.370. The molecule has 0 spiro atoms. The molecule has 0 bridgehead atoms. The molecule has 0 rings (SSSR count). The largest absolute Gasteiger partial charge is 0.309 e. The summed E-state index contributed by atoms with van der Waals surface area (Å²) in [5.74, 6) is 0.266. The molecule has 0 amide bonds. The van der Waals surface area contributed by atoms with Crippen LogP contribution in [0.3, 0.4) is 0 Å². The van der Waals surface area contributed by atoms with Crippen molar-refractivity contribution in [2.24, 2.45) is 5.92 Å². The Morgan fingerprint density at radius 3 is 2.40 bits per heavy atom. The van der Waals surface area contributed by atoms with Crippen LogP contribution in [-0.2, 0) is 4.79 Å². The lowest BCUT2D eigenvalue weighted by molar-refractivity contribution is -0.111. The average Bonchev–Trinajstić information content (AvgIpc) is 1.90. The van der Waals surface area contributed by atoms with Gasteiger partial charge in [0.05, 0.1) is 0 Å². The fraction of sp³-hybridized carbons (Fsp3) is 0.875. The van der Waals surface area contributed by atoms with Crippen molar-refractivity contribution < 1.29 is 4.79 Å². The van der Waals surface area contributed by atoms with Crippen LogP contribution in [0.25, 0.3) is 0 Å². The third kappa shape index (κ3) is 4.50. The van der Waals surface area contributed by atoms with E-state index in [0.29, 0.717) is 0 Å². The Balaban J connectivity index is 3.34. The normalized spacial score (nSPS) is 13.6. The van der Waals surface area contributed by atoms with Crippen LogP contribution in [0.5, 0.6) is 0 Å². The number of carbonyl (C=O) groups excluding carboxylic acids is 1. The van der Waals surface area contributed by atoms with Gasteiger partial charge in [-0.1, -0.05) is 6.92 Å². The lowest BCUT2D eigenvalue weighted by atomic mass is 10.0. The molecule has 0 aliphatic heterocycles. The minimum Gasteiger partial charge on any atom is -0.309 e. The minimum atomic E-state index is 0.266. The van der Waals surface area contributed by atoms with Gasteiger partial charge in [-0.2, -0.15) is 0 Å². The molecule has 0 aliphatic rings. The smallest absolute Gasteiger partial charge is 0.123 e. The molecule has 0 unspecified atom stereocenters. The topological polar surface area (TPSA) is 20.3 Å². The molecule has 0 aliphatic carbocycles. The molecule has 0 radical (unpaired) electrons. The molecule has 0 saturated heterocycles. The van der Waals surface area contributed by atoms with Gasteiger partial charge >= 0.3 is 0 Å². The maximum atomic E-state index is 10.3. The summed E-state index contributed by atoms with van der Waals surface area (Å²) in [6.45, 7) is 3.06. The predicted octanol–water partition coefficient (Wildman–Crippen LogP) is 1.16. The number of aldehydes is 1. The van der Waals surface area contributed by atoms with Crippen LogP contribution in [0, 0.1) is 5.92 Å². The number of hydrogen-bond donors (Lipinski definition) is 0. The summed E-state index contributed by atoms with van der Waals surface area (Å²) in [5.41, 5.74) is 0. The van der Waals surface area contributed by atoms with Crippen LogP contribution in [0.2, 0.25) is 0 Å². The summed E-state index contributed by atoms with van der Waals surface area (Å²) in [7, 11) is 4.05. The maximum absolute atomic E-state index is 10.3. The fourth-order valence-corrected chi connectivity index (χ4v) is 0.792. The molecular weight excluding hydrogens is 126 g/mol. The van der Waals surface area contributed by atoms with E-state index in [1.165, 1.54) is 0 Å². The quantitative estimate of drug-likeness (QED) is 0.538. The van der Waals surface area contributed by atoms with Crippen molar-refractivity contribution in [3.05, 3.63) is 0 Å². The number of nitrogens with zero attached hydrogens (tertiary/aromatic N) is 1. The highest BCUT2D eigenvalue weighted by atomic mass is 16.1. The zero-order valence-electron chi connectivity index (χ0n) is 7.13. The lowest BCUT2D eigenvalue weighted by Crippen LogP contribution is -2.16. The summed E-state index contributed by atoms with van der Waals surface area (Å²) < 4.78 is 0. The summed E-state index contributed by atoms with van der Waals surface area (Å²) in [5, 5.41) is 0. The molecule has 60 valence electrons. The van der Waals surface area contributed by atoms with Gasteiger partial charge in [0.2, 0.25) is 0 Å². The Labute approximate surface area is 63.2 Å². The van der Waals surface area contributed by atoms with Crippen molar-refractivity contribution in [3.8, 4) is 0 Å². The van der Waals surface area contributed by atoms with E-state index in [0.717, 1.165) is 25.7 Å². The number of hydrogen-bond acceptors (Lipinski definition) is 2. The molecule has 0 fully saturated rings. The summed E-state index contributed by atoms with van der Waals surface area (Å²) >= 11 is 0. The van der Waals surface area contributed by atoms with Crippen molar-refractivity contribution in [1.29, 1.82) is 0 Å². The first kappa shape index (κ1) is 9.63. The van der Waals surface area contributed by atoms with Crippen molar-refractivity contribution in [1.82, 2.24) is 4.90 Å². The monoisotopic (exact) mass is 143 g/mol. The van der Waals surface area contributed by atoms with Gasteiger partial charge in [0.15, 0.2) is 0 Å². The van der Waals surface area contributed by atoms with Crippen LogP contribution in [0.15, 0.2) is 0 Å². The van der Waals surface area contributed by atoms with E-state index in [-0.39, 0.29) is 5.92 Å². The van der Waals surface area contributed by atoms with Crippen molar-refractivity contribution in [3.63, 3.8) is 0 Å². The Morgan fingerprint density at radius 1 is 1.50 bits per heavy atom. The second kappa shape index (κ2) is 5.42. The maximum Gasteiger partial charge on any atom is 0.123 e. The molecule has 10 heavy (non-hydrogen) atoms. The molecule has 2 nitrogen and oxygen atoms in total. The van der Waals surface area contributed by atoms with Gasteiger partial charge < -0.3 is 9.69 Å². The Morgan fingerprint density at radius 2 is 2.10 bits per heavy atom. The van der Waals surface area contributed by atoms with E-state index in [1.807, 2.05) is 14.1 Å². The highest BCUT2D eigenvalue weighted by Crippen LogP contribution is 2.03. The van der Waals surface area contributed by atoms with Crippen molar-refractivity contribution in [2.75, 3.05) is 20.6 Å². The zero-order chi connectivity index (χ0) is 7.98. The fourth-order valence-electron chi connectivity index (χ4n) is 0.792. The van der Waals surface area contributed by atoms with Gasteiger partial charge in [-0.3, -0.25) is 0 Å². The first-order chi connectivity index (χ1) is 4.70. The summed E-state index contributed by atoms with van der Waals surface area (Å²) in [6, 6.07) is 0. The van der Waals surface area contributed by atoms with E-state index < -0.39 is 0 Å². The van der Waals surface area contributed by atoms with Crippen LogP contribution in [0.1, 0.15) is 19.8 Å². The average molecular weight is 143 g/mol. The third-order valence-electron chi connectivity index (χ3n) is 1.66. The van der Waals surface area contributed by atoms with Crippen molar-refractivity contribution in [2.45, 2.75) is 19.8 Å². The van der Waals surface area contributed by atoms with E-state index in [4.69, 9.17) is 0 Å². The van der Waals surface area contributed by atoms with E-state index in [9.17, 15) is 4.79 Å². The molecule has 0 aromatic rings. The molecule has 0 saturated carbocycles. The van der Waals surface area contributed by atoms with Gasteiger partial charge in [0.25, 0.3) is 0 Å². The molecule has 0 aromatic carbocycles. The summed E-state index contributed by atoms with van der Waals surface area (Å²) in [4.78, 5) is 12.4. The van der Waals surface area contributed by atoms with E-state index in [2.05, 4.69) is 11.8 Å². The van der Waals surface area contributed by atoms with Crippen LogP contribution < -0.4 is 0 Å². The first-order valence-electron chi connectivity index (χ1n) is 3.80. The Bertz CT molecular complexity index is 91.3. The standard InChI is InChI=1S/C8H17NO/c1-4-8(7-10)5-6-9(2)3/h7-8H,4-6H2,1-3H3/t8-/m0/s1. The SMILES string of the molecule is CC[C@H](C=O)CCN(C)C. The van der Waals surface area contributed by atoms with Crippen LogP contribution >= 0.6 is 0 Å². The molecule has 2 heteroatoms. The van der Waals surface area contributed by atoms with Gasteiger partial charge in [-0.25, -0.2) is 0 Å². The van der Waals surface area contributed by atoms with Gasteiger partial charge in [-0.15, -0.1) is 0 Å². The molecule has 0 aromatic heterocycles. The number of rotatable bonds is 5. The second-order valence-electron chi connectivity index (χ2n) is 2.90. The molecular formula is C8H17NO. The highest BCUT2D eigenvalue weighted by Gasteiger charge is 2.03. The van der Waals surface area contributed by atoms with Crippen molar-refractivity contribution >= 4 is 6.29 Å². The Kier molecular flexibility index (Phi) is 5.22. The van der Waals surface area contributed by atoms with E-state index >= 15 is 0 Å². The van der Waals surface area contributed by atoms with Gasteiger partial charge in [-0.05, 0) is 33.5 Å². The molecule has 0 heterocycles. The molecule has 1 atom stereocenters. The van der Waals surface area contributed by atoms with E-state index in [1.54, 1.807) is 0 Å². The molecule has 0 N–H and O–H groups in total. The van der Waals surface area contributed by atoms with Gasteiger partial charge in [0.1, 0.15) is 6.29 Å².